The van der Waals surface area contributed by atoms with Crippen molar-refractivity contribution in [1.29, 1.82) is 0 Å². The number of nitro benzene ring substituents is 2. The number of anilines is 5. The van der Waals surface area contributed by atoms with Crippen molar-refractivity contribution in [3.05, 3.63) is 217 Å². The fourth-order valence-electron chi connectivity index (χ4n) is 9.98. The van der Waals surface area contributed by atoms with Crippen molar-refractivity contribution < 1.29 is 33.6 Å². The zero-order valence-electron chi connectivity index (χ0n) is 46.5. The highest BCUT2D eigenvalue weighted by Crippen LogP contribution is 2.31. The van der Waals surface area contributed by atoms with E-state index in [4.69, 9.17) is 24.7 Å². The van der Waals surface area contributed by atoms with Crippen molar-refractivity contribution >= 4 is 58.1 Å². The molecule has 21 nitrogen and oxygen atoms in total. The minimum absolute atomic E-state index is 0. The van der Waals surface area contributed by atoms with Gasteiger partial charge in [-0.2, -0.15) is 0 Å². The number of amides is 1. The summed E-state index contributed by atoms with van der Waals surface area (Å²) in [6.45, 7) is 6.81. The Morgan fingerprint density at radius 1 is 0.518 bits per heavy atom. The number of non-ortho nitro benzene ring substituents is 2. The Labute approximate surface area is 487 Å². The summed E-state index contributed by atoms with van der Waals surface area (Å²) in [6.07, 6.45) is 10.8. The fourth-order valence-corrected chi connectivity index (χ4v) is 9.98. The maximum Gasteiger partial charge on any atom is 0.274 e. The molecule has 0 saturated heterocycles. The Bertz CT molecular complexity index is 3510. The number of nitrogens with zero attached hydrogens (tertiary/aromatic N) is 9. The van der Waals surface area contributed by atoms with Crippen LogP contribution in [0.2, 0.25) is 0 Å². The Morgan fingerprint density at radius 3 is 1.42 bits per heavy atom. The molecule has 0 unspecified atom stereocenters. The lowest BCUT2D eigenvalue weighted by Gasteiger charge is -2.30. The number of nitrogens with two attached hydrogens (primary N) is 1. The number of fused-ring (bicyclic) bond motifs is 4. The van der Waals surface area contributed by atoms with E-state index in [0.717, 1.165) is 111 Å². The molecule has 4 aromatic heterocycles. The third-order valence-corrected chi connectivity index (χ3v) is 14.5. The molecule has 0 aliphatic carbocycles. The molecule has 0 radical (unpaired) electrons. The number of hydrogen-bond acceptors (Lipinski definition) is 18. The summed E-state index contributed by atoms with van der Waals surface area (Å²) in [6, 6.07) is 37.3. The SMILES string of the molecule is COc1ccc(C(=O)Nc2ccc3c(c2)CN(c2ccc(OC)nc2)CC3)nc1.COc1ccc(N2CCc3ccc(N)cc3C2)cn1.COc1ccc(N2CCc3ccc([N+](=O)[O-])cc3C2)cn1.Cl.O=[N+]([O-])c1ccc2c(c1)CNCC2. The van der Waals surface area contributed by atoms with Gasteiger partial charge in [-0.3, -0.25) is 25.0 Å². The van der Waals surface area contributed by atoms with Gasteiger partial charge in [-0.1, -0.05) is 24.3 Å². The summed E-state index contributed by atoms with van der Waals surface area (Å²) in [5.74, 6) is 2.18. The van der Waals surface area contributed by atoms with Crippen LogP contribution in [-0.2, 0) is 51.9 Å². The van der Waals surface area contributed by atoms with E-state index in [-0.39, 0.29) is 39.5 Å². The van der Waals surface area contributed by atoms with Gasteiger partial charge in [0.2, 0.25) is 17.6 Å². The molecule has 83 heavy (non-hydrogen) atoms. The normalized spacial score (nSPS) is 13.5. The molecule has 0 spiro atoms. The summed E-state index contributed by atoms with van der Waals surface area (Å²) in [4.78, 5) is 56.8. The standard InChI is InChI=1S/C22H22N4O3.C15H15N3O3.C15H17N3O.C9H10N2O2.ClH/c1-28-19-6-7-20(23-13-19)22(27)25-17-4-3-15-9-10-26(14-16(15)11-17)18-5-8-21(29-2)24-12-18;1-21-15-5-4-14(9-16-15)17-7-6-11-2-3-13(18(19)20)8-12(11)10-17;1-19-15-5-4-14(9-17-15)18-7-6-11-2-3-13(16)8-12(11)10-18;12-11(13)9-2-1-7-3-4-10-6-8(7)5-9;/h3-8,11-13H,9-10,14H2,1-2H3,(H,25,27);2-5,8-9H,6-7,10H2,1H3;2-5,8-9H,6-7,10,16H2,1H3;1-2,5,10H,3-4,6H2;1H. The summed E-state index contributed by atoms with van der Waals surface area (Å²) in [5.41, 5.74) is 20.9. The van der Waals surface area contributed by atoms with Crippen molar-refractivity contribution in [2.45, 2.75) is 51.9 Å². The molecule has 4 N–H and O–H groups in total. The number of hydrogen-bond donors (Lipinski definition) is 3. The van der Waals surface area contributed by atoms with Crippen LogP contribution in [0.25, 0.3) is 0 Å². The number of ether oxygens (including phenoxy) is 4. The molecule has 0 fully saturated rings. The smallest absolute Gasteiger partial charge is 0.274 e. The van der Waals surface area contributed by atoms with E-state index in [9.17, 15) is 25.0 Å². The van der Waals surface area contributed by atoms with Crippen LogP contribution in [-0.4, -0.2) is 90.3 Å². The minimum atomic E-state index is -0.353. The molecule has 4 aromatic carbocycles. The highest BCUT2D eigenvalue weighted by molar-refractivity contribution is 6.03. The number of aromatic nitrogens is 4. The summed E-state index contributed by atoms with van der Waals surface area (Å²) >= 11 is 0. The first kappa shape index (κ1) is 59.5. The van der Waals surface area contributed by atoms with Crippen molar-refractivity contribution in [3.8, 4) is 23.4 Å². The maximum absolute atomic E-state index is 12.5. The number of carbonyl (C=O) groups is 1. The number of nitrogen functional groups attached to an aromatic ring is 1. The van der Waals surface area contributed by atoms with Gasteiger partial charge in [-0.25, -0.2) is 19.9 Å². The summed E-state index contributed by atoms with van der Waals surface area (Å²) < 4.78 is 20.3. The maximum atomic E-state index is 12.5. The van der Waals surface area contributed by atoms with E-state index >= 15 is 0 Å². The molecule has 4 aliphatic rings. The van der Waals surface area contributed by atoms with Crippen LogP contribution < -0.4 is 50.0 Å². The third-order valence-electron chi connectivity index (χ3n) is 14.5. The molecule has 12 rings (SSSR count). The van der Waals surface area contributed by atoms with Crippen molar-refractivity contribution in [3.63, 3.8) is 0 Å². The predicted octanol–water partition coefficient (Wildman–Crippen LogP) is 9.77. The monoisotopic (exact) mass is 1140 g/mol. The van der Waals surface area contributed by atoms with Crippen LogP contribution in [0, 0.1) is 20.2 Å². The largest absolute Gasteiger partial charge is 0.495 e. The predicted molar refractivity (Wildman–Crippen MR) is 322 cm³/mol. The lowest BCUT2D eigenvalue weighted by Crippen LogP contribution is -2.30. The average Bonchev–Trinajstić information content (AvgIpc) is 3.64. The first-order chi connectivity index (χ1) is 39.9. The number of benzene rings is 4. The Kier molecular flexibility index (Phi) is 20.2. The van der Waals surface area contributed by atoms with Gasteiger partial charge in [0.25, 0.3) is 17.3 Å². The zero-order valence-corrected chi connectivity index (χ0v) is 47.3. The summed E-state index contributed by atoms with van der Waals surface area (Å²) in [5, 5.41) is 27.5. The van der Waals surface area contributed by atoms with E-state index in [1.165, 1.54) is 39.6 Å². The quantitative estimate of drug-likeness (QED) is 0.0619. The Hall–Kier alpha value is -9.60. The first-order valence-corrected chi connectivity index (χ1v) is 26.7. The summed E-state index contributed by atoms with van der Waals surface area (Å²) in [7, 11) is 6.38. The van der Waals surface area contributed by atoms with E-state index in [0.29, 0.717) is 35.6 Å². The lowest BCUT2D eigenvalue weighted by molar-refractivity contribution is -0.385. The van der Waals surface area contributed by atoms with Gasteiger partial charge < -0.3 is 50.0 Å². The van der Waals surface area contributed by atoms with Gasteiger partial charge in [0.1, 0.15) is 11.4 Å². The van der Waals surface area contributed by atoms with E-state index in [1.807, 2.05) is 79.1 Å². The van der Waals surface area contributed by atoms with Crippen LogP contribution >= 0.6 is 12.4 Å². The van der Waals surface area contributed by atoms with Gasteiger partial charge in [0.05, 0.1) is 80.1 Å². The van der Waals surface area contributed by atoms with Crippen LogP contribution in [0.4, 0.5) is 39.8 Å². The minimum Gasteiger partial charge on any atom is -0.495 e. The van der Waals surface area contributed by atoms with Gasteiger partial charge >= 0.3 is 0 Å². The van der Waals surface area contributed by atoms with Crippen molar-refractivity contribution in [2.75, 3.05) is 80.4 Å². The number of nitrogens with one attached hydrogen (secondary N) is 2. The number of rotatable bonds is 11. The fraction of sp³-hybridized carbons (Fsp3) is 0.262. The molecule has 0 atom stereocenters. The van der Waals surface area contributed by atoms with E-state index < -0.39 is 0 Å². The van der Waals surface area contributed by atoms with Crippen LogP contribution in [0.5, 0.6) is 23.4 Å². The number of pyridine rings is 4. The van der Waals surface area contributed by atoms with Gasteiger partial charge in [-0.15, -0.1) is 12.4 Å². The first-order valence-electron chi connectivity index (χ1n) is 26.7. The molecule has 0 bridgehead atoms. The van der Waals surface area contributed by atoms with Gasteiger partial charge in [-0.05, 0) is 131 Å². The molecular weight excluding hydrogens is 1080 g/mol. The molecule has 8 aromatic rings. The Balaban J connectivity index is 0.000000149. The van der Waals surface area contributed by atoms with Crippen molar-refractivity contribution in [1.82, 2.24) is 25.3 Å². The molecule has 22 heteroatoms. The van der Waals surface area contributed by atoms with Gasteiger partial charge in [0, 0.05) is 99.7 Å². The zero-order chi connectivity index (χ0) is 57.5. The number of methoxy groups -OCH3 is 4. The van der Waals surface area contributed by atoms with E-state index in [2.05, 4.69) is 63.5 Å². The van der Waals surface area contributed by atoms with Crippen LogP contribution in [0.3, 0.4) is 0 Å². The molecule has 430 valence electrons. The second-order valence-electron chi connectivity index (χ2n) is 19.6. The molecular formula is C61H65ClN12O9. The number of nitro groups is 2. The van der Waals surface area contributed by atoms with E-state index in [1.54, 1.807) is 71.0 Å². The highest BCUT2D eigenvalue weighted by Gasteiger charge is 2.22. The molecule has 1 amide bonds. The third kappa shape index (κ3) is 15.4. The molecule has 4 aliphatic heterocycles. The average molecular weight is 1150 g/mol. The van der Waals surface area contributed by atoms with Crippen LogP contribution in [0.1, 0.15) is 55.0 Å². The van der Waals surface area contributed by atoms with Crippen molar-refractivity contribution in [2.24, 2.45) is 0 Å². The number of halogens is 1. The topological polar surface area (TPSA) is 252 Å². The second kappa shape index (κ2) is 28.2. The van der Waals surface area contributed by atoms with Gasteiger partial charge in [0.15, 0.2) is 0 Å². The lowest BCUT2D eigenvalue weighted by atomic mass is 9.98. The number of carbonyl (C=O) groups excluding carboxylic acids is 1. The second-order valence-corrected chi connectivity index (χ2v) is 19.6. The molecule has 8 heterocycles. The molecule has 0 saturated carbocycles. The highest BCUT2D eigenvalue weighted by atomic mass is 35.5. The van der Waals surface area contributed by atoms with Crippen LogP contribution in [0.15, 0.2) is 146 Å². The Morgan fingerprint density at radius 2 is 0.976 bits per heavy atom.